The molecule has 0 saturated carbocycles. The molecule has 0 bridgehead atoms. The maximum atomic E-state index is 12.5. The molecule has 1 N–H and O–H groups in total. The number of fused-ring (bicyclic) bond motifs is 2. The van der Waals surface area contributed by atoms with E-state index in [1.807, 2.05) is 13.0 Å². The van der Waals surface area contributed by atoms with E-state index in [0.29, 0.717) is 6.42 Å². The number of hydrogen-bond donors (Lipinski definition) is 1. The number of nitrogens with zero attached hydrogens (tertiary/aromatic N) is 2. The number of nitrogens with one attached hydrogen (secondary N) is 1. The van der Waals surface area contributed by atoms with Gasteiger partial charge < -0.3 is 14.3 Å². The minimum absolute atomic E-state index is 0.0474. The minimum Gasteiger partial charge on any atom is -0.464 e. The molecule has 25 heavy (non-hydrogen) atoms. The van der Waals surface area contributed by atoms with Crippen molar-refractivity contribution in [3.63, 3.8) is 0 Å². The molecule has 130 valence electrons. The minimum atomic E-state index is 0.0474. The summed E-state index contributed by atoms with van der Waals surface area (Å²) in [4.78, 5) is 17.0. The van der Waals surface area contributed by atoms with E-state index in [1.54, 1.807) is 6.26 Å². The van der Waals surface area contributed by atoms with Gasteiger partial charge in [0.25, 0.3) is 0 Å². The van der Waals surface area contributed by atoms with Crippen molar-refractivity contribution >= 4 is 16.9 Å². The Labute approximate surface area is 147 Å². The predicted octanol–water partition coefficient (Wildman–Crippen LogP) is 3.23. The van der Waals surface area contributed by atoms with Crippen molar-refractivity contribution in [2.24, 2.45) is 0 Å². The molecule has 0 spiro atoms. The Morgan fingerprint density at radius 2 is 2.20 bits per heavy atom. The van der Waals surface area contributed by atoms with Gasteiger partial charge in [-0.05, 0) is 38.3 Å². The van der Waals surface area contributed by atoms with Crippen LogP contribution >= 0.6 is 0 Å². The SMILES string of the molecule is Cc1cn2c(n1)CC[C@H](NC(=O)Cc1coc3c(C)c(C)ccc13)C2. The van der Waals surface area contributed by atoms with Crippen molar-refractivity contribution in [2.75, 3.05) is 0 Å². The van der Waals surface area contributed by atoms with Gasteiger partial charge in [0.1, 0.15) is 11.4 Å². The van der Waals surface area contributed by atoms with Crippen LogP contribution in [0.1, 0.15) is 34.6 Å². The van der Waals surface area contributed by atoms with Crippen molar-refractivity contribution in [3.05, 3.63) is 52.8 Å². The quantitative estimate of drug-likeness (QED) is 0.798. The second-order valence-corrected chi connectivity index (χ2v) is 7.08. The Morgan fingerprint density at radius 1 is 1.36 bits per heavy atom. The fourth-order valence-corrected chi connectivity index (χ4v) is 3.68. The fourth-order valence-electron chi connectivity index (χ4n) is 3.68. The summed E-state index contributed by atoms with van der Waals surface area (Å²) in [6, 6.07) is 4.29. The first-order valence-corrected chi connectivity index (χ1v) is 8.79. The lowest BCUT2D eigenvalue weighted by Crippen LogP contribution is -2.41. The number of carbonyl (C=O) groups is 1. The highest BCUT2D eigenvalue weighted by atomic mass is 16.3. The zero-order valence-electron chi connectivity index (χ0n) is 14.9. The molecular formula is C20H23N3O2. The molecule has 0 aliphatic carbocycles. The van der Waals surface area contributed by atoms with Gasteiger partial charge in [0.2, 0.25) is 5.91 Å². The summed E-state index contributed by atoms with van der Waals surface area (Å²) in [7, 11) is 0. The van der Waals surface area contributed by atoms with Gasteiger partial charge >= 0.3 is 0 Å². The lowest BCUT2D eigenvalue weighted by atomic mass is 10.0. The fraction of sp³-hybridized carbons (Fsp3) is 0.400. The maximum Gasteiger partial charge on any atom is 0.224 e. The number of hydrogen-bond acceptors (Lipinski definition) is 3. The zero-order chi connectivity index (χ0) is 17.6. The van der Waals surface area contributed by atoms with Gasteiger partial charge in [-0.2, -0.15) is 0 Å². The molecule has 0 fully saturated rings. The Bertz CT molecular complexity index is 951. The second-order valence-electron chi connectivity index (χ2n) is 7.08. The van der Waals surface area contributed by atoms with Gasteiger partial charge in [0.05, 0.1) is 18.4 Å². The van der Waals surface area contributed by atoms with Crippen LogP contribution in [0.25, 0.3) is 11.0 Å². The molecule has 3 aromatic rings. The van der Waals surface area contributed by atoms with E-state index >= 15 is 0 Å². The summed E-state index contributed by atoms with van der Waals surface area (Å²) in [5, 5.41) is 4.21. The molecule has 1 aliphatic rings. The van der Waals surface area contributed by atoms with E-state index in [0.717, 1.165) is 53.0 Å². The van der Waals surface area contributed by atoms with Crippen LogP contribution < -0.4 is 5.32 Å². The third kappa shape index (κ3) is 2.95. The van der Waals surface area contributed by atoms with Crippen LogP contribution in [-0.2, 0) is 24.2 Å². The first-order chi connectivity index (χ1) is 12.0. The molecule has 1 amide bonds. The van der Waals surface area contributed by atoms with Gasteiger partial charge in [-0.1, -0.05) is 12.1 Å². The Kier molecular flexibility index (Phi) is 3.86. The molecular weight excluding hydrogens is 314 g/mol. The third-order valence-corrected chi connectivity index (χ3v) is 5.17. The van der Waals surface area contributed by atoms with Crippen LogP contribution in [0.4, 0.5) is 0 Å². The van der Waals surface area contributed by atoms with Gasteiger partial charge in [-0.3, -0.25) is 4.79 Å². The normalized spacial score (nSPS) is 16.8. The maximum absolute atomic E-state index is 12.5. The number of aromatic nitrogens is 2. The summed E-state index contributed by atoms with van der Waals surface area (Å²) in [5.41, 5.74) is 5.22. The Morgan fingerprint density at radius 3 is 3.04 bits per heavy atom. The van der Waals surface area contributed by atoms with Crippen LogP contribution in [0.3, 0.4) is 0 Å². The number of carbonyl (C=O) groups excluding carboxylic acids is 1. The topological polar surface area (TPSA) is 60.1 Å². The van der Waals surface area contributed by atoms with Crippen molar-refractivity contribution < 1.29 is 9.21 Å². The van der Waals surface area contributed by atoms with E-state index in [4.69, 9.17) is 4.42 Å². The number of imidazole rings is 1. The summed E-state index contributed by atoms with van der Waals surface area (Å²) < 4.78 is 7.86. The molecule has 0 radical (unpaired) electrons. The highest BCUT2D eigenvalue weighted by Crippen LogP contribution is 2.26. The Balaban J connectivity index is 1.45. The van der Waals surface area contributed by atoms with Gasteiger partial charge in [0, 0.05) is 36.2 Å². The molecule has 2 aromatic heterocycles. The number of benzene rings is 1. The Hall–Kier alpha value is -2.56. The van der Waals surface area contributed by atoms with Crippen LogP contribution in [0.5, 0.6) is 0 Å². The highest BCUT2D eigenvalue weighted by molar-refractivity contribution is 5.89. The van der Waals surface area contributed by atoms with Gasteiger partial charge in [-0.25, -0.2) is 4.98 Å². The summed E-state index contributed by atoms with van der Waals surface area (Å²) >= 11 is 0. The summed E-state index contributed by atoms with van der Waals surface area (Å²) in [6.07, 6.45) is 5.97. The number of rotatable bonds is 3. The number of aryl methyl sites for hydroxylation is 4. The number of furan rings is 1. The molecule has 1 aromatic carbocycles. The van der Waals surface area contributed by atoms with E-state index in [2.05, 4.69) is 41.0 Å². The van der Waals surface area contributed by atoms with Crippen LogP contribution in [-0.4, -0.2) is 21.5 Å². The predicted molar refractivity (Wildman–Crippen MR) is 96.6 cm³/mol. The zero-order valence-corrected chi connectivity index (χ0v) is 14.9. The highest BCUT2D eigenvalue weighted by Gasteiger charge is 2.22. The number of amides is 1. The molecule has 3 heterocycles. The van der Waals surface area contributed by atoms with E-state index < -0.39 is 0 Å². The van der Waals surface area contributed by atoms with Crippen molar-refractivity contribution in [3.8, 4) is 0 Å². The van der Waals surface area contributed by atoms with Gasteiger partial charge in [0.15, 0.2) is 0 Å². The van der Waals surface area contributed by atoms with Crippen molar-refractivity contribution in [1.82, 2.24) is 14.9 Å². The molecule has 1 aliphatic heterocycles. The van der Waals surface area contributed by atoms with Crippen LogP contribution in [0, 0.1) is 20.8 Å². The average Bonchev–Trinajstić information content (AvgIpc) is 3.13. The molecule has 0 unspecified atom stereocenters. The molecule has 1 atom stereocenters. The lowest BCUT2D eigenvalue weighted by Gasteiger charge is -2.24. The van der Waals surface area contributed by atoms with Crippen molar-refractivity contribution in [1.29, 1.82) is 0 Å². The first kappa shape index (κ1) is 15.9. The summed E-state index contributed by atoms with van der Waals surface area (Å²) in [6.45, 7) is 6.93. The summed E-state index contributed by atoms with van der Waals surface area (Å²) in [5.74, 6) is 1.17. The lowest BCUT2D eigenvalue weighted by molar-refractivity contribution is -0.121. The molecule has 0 saturated heterocycles. The second kappa shape index (κ2) is 6.06. The van der Waals surface area contributed by atoms with Crippen LogP contribution in [0.2, 0.25) is 0 Å². The molecule has 4 rings (SSSR count). The van der Waals surface area contributed by atoms with Crippen molar-refractivity contribution in [2.45, 2.75) is 52.6 Å². The molecule has 5 nitrogen and oxygen atoms in total. The molecule has 5 heteroatoms. The third-order valence-electron chi connectivity index (χ3n) is 5.17. The first-order valence-electron chi connectivity index (χ1n) is 8.79. The standard InChI is InChI=1S/C20H23N3O2/c1-12-4-6-17-15(11-25-20(17)14(12)3)8-19(24)22-16-5-7-18-21-13(2)9-23(18)10-16/h4,6,9,11,16H,5,7-8,10H2,1-3H3,(H,22,24)/t16-/m0/s1. The van der Waals surface area contributed by atoms with E-state index in [-0.39, 0.29) is 11.9 Å². The largest absolute Gasteiger partial charge is 0.464 e. The average molecular weight is 337 g/mol. The van der Waals surface area contributed by atoms with Gasteiger partial charge in [-0.15, -0.1) is 0 Å². The monoisotopic (exact) mass is 337 g/mol. The smallest absolute Gasteiger partial charge is 0.224 e. The van der Waals surface area contributed by atoms with E-state index in [1.165, 1.54) is 5.56 Å². The van der Waals surface area contributed by atoms with Crippen LogP contribution in [0.15, 0.2) is 29.0 Å². The van der Waals surface area contributed by atoms with E-state index in [9.17, 15) is 4.79 Å².